The molecule has 0 bridgehead atoms. The quantitative estimate of drug-likeness (QED) is 0.372. The van der Waals surface area contributed by atoms with Gasteiger partial charge in [-0.05, 0) is 48.0 Å². The van der Waals surface area contributed by atoms with E-state index in [0.29, 0.717) is 21.3 Å². The third-order valence-corrected chi connectivity index (χ3v) is 7.48. The van der Waals surface area contributed by atoms with Crippen LogP contribution < -0.4 is 9.80 Å². The van der Waals surface area contributed by atoms with E-state index in [-0.39, 0.29) is 11.7 Å². The lowest BCUT2D eigenvalue weighted by Gasteiger charge is -2.36. The highest BCUT2D eigenvalue weighted by atomic mass is 35.5. The maximum absolute atomic E-state index is 13.9. The van der Waals surface area contributed by atoms with E-state index in [4.69, 9.17) is 23.2 Å². The van der Waals surface area contributed by atoms with Gasteiger partial charge in [0.2, 0.25) is 11.8 Å². The van der Waals surface area contributed by atoms with Crippen molar-refractivity contribution in [2.75, 3.05) is 9.80 Å². The highest BCUT2D eigenvalue weighted by Gasteiger charge is 2.64. The number of imide groups is 1. The number of fused-ring (bicyclic) bond motifs is 5. The molecule has 0 spiro atoms. The van der Waals surface area contributed by atoms with Crippen LogP contribution in [0.2, 0.25) is 10.0 Å². The molecule has 7 heteroatoms. The van der Waals surface area contributed by atoms with Crippen molar-refractivity contribution in [3.8, 4) is 0 Å². The molecule has 0 aliphatic carbocycles. The number of para-hydroxylation sites is 2. The normalized spacial score (nSPS) is 24.8. The van der Waals surface area contributed by atoms with Gasteiger partial charge in [-0.25, -0.2) is 4.90 Å². The van der Waals surface area contributed by atoms with E-state index in [0.717, 1.165) is 16.2 Å². The second-order valence-electron chi connectivity index (χ2n) is 8.65. The number of nitrogens with zero attached hydrogens (tertiary/aromatic N) is 2. The second-order valence-corrected chi connectivity index (χ2v) is 9.49. The predicted molar refractivity (Wildman–Crippen MR) is 132 cm³/mol. The minimum Gasteiger partial charge on any atom is -0.352 e. The van der Waals surface area contributed by atoms with Crippen LogP contribution in [0.15, 0.2) is 78.9 Å². The van der Waals surface area contributed by atoms with Crippen molar-refractivity contribution in [1.82, 2.24) is 0 Å². The molecule has 0 radical (unpaired) electrons. The summed E-state index contributed by atoms with van der Waals surface area (Å²) < 4.78 is 0. The van der Waals surface area contributed by atoms with Crippen molar-refractivity contribution < 1.29 is 14.4 Å². The summed E-state index contributed by atoms with van der Waals surface area (Å²) in [5, 5.41) is 0.827. The van der Waals surface area contributed by atoms with Gasteiger partial charge in [-0.15, -0.1) is 0 Å². The van der Waals surface area contributed by atoms with Crippen LogP contribution in [0.4, 0.5) is 11.4 Å². The fourth-order valence-corrected chi connectivity index (χ4v) is 5.82. The second kappa shape index (κ2) is 7.83. The Morgan fingerprint density at radius 3 is 2.15 bits per heavy atom. The molecule has 0 unspecified atom stereocenters. The van der Waals surface area contributed by atoms with E-state index in [9.17, 15) is 14.4 Å². The summed E-state index contributed by atoms with van der Waals surface area (Å²) >= 11 is 12.4. The molecule has 5 nitrogen and oxygen atoms in total. The number of carbonyl (C=O) groups excluding carboxylic acids is 3. The topological polar surface area (TPSA) is 57.7 Å². The lowest BCUT2D eigenvalue weighted by atomic mass is 9.86. The first-order valence-electron chi connectivity index (χ1n) is 10.9. The van der Waals surface area contributed by atoms with E-state index in [1.165, 1.54) is 0 Å². The molecule has 3 aromatic carbocycles. The molecule has 2 fully saturated rings. The predicted octanol–water partition coefficient (Wildman–Crippen LogP) is 5.27. The van der Waals surface area contributed by atoms with Crippen molar-refractivity contribution in [1.29, 1.82) is 0 Å². The number of amides is 2. The Morgan fingerprint density at radius 2 is 1.41 bits per heavy atom. The first-order valence-corrected chi connectivity index (χ1v) is 11.7. The van der Waals surface area contributed by atoms with Crippen molar-refractivity contribution in [3.05, 3.63) is 100 Å². The first kappa shape index (κ1) is 21.1. The van der Waals surface area contributed by atoms with Gasteiger partial charge in [-0.1, -0.05) is 65.7 Å². The summed E-state index contributed by atoms with van der Waals surface area (Å²) in [4.78, 5) is 44.6. The number of hydrogen-bond acceptors (Lipinski definition) is 4. The summed E-state index contributed by atoms with van der Waals surface area (Å²) in [6.45, 7) is 0. The third kappa shape index (κ3) is 2.97. The van der Waals surface area contributed by atoms with E-state index in [2.05, 4.69) is 0 Å². The molecule has 3 aromatic rings. The summed E-state index contributed by atoms with van der Waals surface area (Å²) in [5.74, 6) is -2.51. The van der Waals surface area contributed by atoms with Gasteiger partial charge in [0.1, 0.15) is 6.04 Å². The lowest BCUT2D eigenvalue weighted by Crippen LogP contribution is -2.48. The summed E-state index contributed by atoms with van der Waals surface area (Å²) in [6.07, 6.45) is 3.88. The Labute approximate surface area is 206 Å². The summed E-state index contributed by atoms with van der Waals surface area (Å²) in [5.41, 5.74) is 2.56. The molecule has 3 heterocycles. The Hall–Kier alpha value is -3.41. The van der Waals surface area contributed by atoms with Gasteiger partial charge in [-0.2, -0.15) is 0 Å². The van der Waals surface area contributed by atoms with Crippen LogP contribution in [-0.4, -0.2) is 29.7 Å². The van der Waals surface area contributed by atoms with Gasteiger partial charge in [-0.3, -0.25) is 14.4 Å². The van der Waals surface area contributed by atoms with Crippen molar-refractivity contribution in [2.24, 2.45) is 11.8 Å². The Balaban J connectivity index is 1.51. The molecule has 2 saturated heterocycles. The fraction of sp³-hybridized carbons (Fsp3) is 0.148. The summed E-state index contributed by atoms with van der Waals surface area (Å²) in [7, 11) is 0. The number of benzene rings is 3. The molecule has 0 N–H and O–H groups in total. The molecular weight excluding hydrogens is 471 g/mol. The van der Waals surface area contributed by atoms with Gasteiger partial charge < -0.3 is 4.90 Å². The van der Waals surface area contributed by atoms with Crippen LogP contribution in [0, 0.1) is 11.8 Å². The van der Waals surface area contributed by atoms with Gasteiger partial charge in [0.15, 0.2) is 5.78 Å². The number of Topliss-reactive ketones (excluding diaryl/α,β-unsaturated/α-hetero) is 1. The standard InChI is InChI=1S/C27H18Cl2N2O3/c28-17-12-9-16(10-13-17)25(32)24-23-22(21-14-11-15-5-1-3-7-19(15)30(21)24)26(33)31(27(23)34)20-8-4-2-6-18(20)29/h1-14,21-24H/t21-,22-,23-,24+/m0/s1. The van der Waals surface area contributed by atoms with Crippen molar-refractivity contribution in [2.45, 2.75) is 12.1 Å². The zero-order valence-electron chi connectivity index (χ0n) is 17.8. The molecule has 3 aliphatic rings. The van der Waals surface area contributed by atoms with Crippen molar-refractivity contribution in [3.63, 3.8) is 0 Å². The number of ketones is 1. The molecule has 168 valence electrons. The zero-order valence-corrected chi connectivity index (χ0v) is 19.3. The fourth-order valence-electron chi connectivity index (χ4n) is 5.47. The van der Waals surface area contributed by atoms with E-state index in [1.807, 2.05) is 41.3 Å². The van der Waals surface area contributed by atoms with E-state index >= 15 is 0 Å². The highest BCUT2D eigenvalue weighted by molar-refractivity contribution is 6.36. The number of rotatable bonds is 3. The van der Waals surface area contributed by atoms with Crippen LogP contribution in [0.25, 0.3) is 6.08 Å². The first-order chi connectivity index (χ1) is 16.5. The van der Waals surface area contributed by atoms with Crippen molar-refractivity contribution >= 4 is 58.3 Å². The molecular formula is C27H18Cl2N2O3. The Bertz CT molecular complexity index is 1380. The number of halogens is 2. The minimum absolute atomic E-state index is 0.221. The maximum Gasteiger partial charge on any atom is 0.240 e. The molecule has 6 rings (SSSR count). The minimum atomic E-state index is -0.841. The molecule has 0 aromatic heterocycles. The number of carbonyl (C=O) groups is 3. The third-order valence-electron chi connectivity index (χ3n) is 6.91. The monoisotopic (exact) mass is 488 g/mol. The van der Waals surface area contributed by atoms with E-state index in [1.54, 1.807) is 48.5 Å². The molecule has 3 aliphatic heterocycles. The van der Waals surface area contributed by atoms with Crippen LogP contribution in [0.5, 0.6) is 0 Å². The molecule has 4 atom stereocenters. The van der Waals surface area contributed by atoms with Crippen LogP contribution in [-0.2, 0) is 9.59 Å². The molecule has 34 heavy (non-hydrogen) atoms. The average molecular weight is 489 g/mol. The molecule has 0 saturated carbocycles. The highest BCUT2D eigenvalue weighted by Crippen LogP contribution is 2.50. The van der Waals surface area contributed by atoms with Crippen LogP contribution in [0.3, 0.4) is 0 Å². The van der Waals surface area contributed by atoms with E-state index < -0.39 is 29.8 Å². The van der Waals surface area contributed by atoms with Gasteiger partial charge >= 0.3 is 0 Å². The van der Waals surface area contributed by atoms with Crippen LogP contribution in [0.1, 0.15) is 15.9 Å². The Kier molecular flexibility index (Phi) is 4.87. The Morgan fingerprint density at radius 1 is 0.765 bits per heavy atom. The largest absolute Gasteiger partial charge is 0.352 e. The van der Waals surface area contributed by atoms with Gasteiger partial charge in [0.05, 0.1) is 28.6 Å². The van der Waals surface area contributed by atoms with Gasteiger partial charge in [0.25, 0.3) is 0 Å². The maximum atomic E-state index is 13.9. The summed E-state index contributed by atoms with van der Waals surface area (Å²) in [6, 6.07) is 19.8. The number of anilines is 2. The average Bonchev–Trinajstić information content (AvgIpc) is 3.32. The molecule has 2 amide bonds. The lowest BCUT2D eigenvalue weighted by molar-refractivity contribution is -0.122. The number of hydrogen-bond donors (Lipinski definition) is 0. The SMILES string of the molecule is O=C(c1ccc(Cl)cc1)[C@H]1[C@H]2C(=O)N(c3ccccc3Cl)C(=O)[C@H]2[C@@H]2C=Cc3ccccc3N21. The zero-order chi connectivity index (χ0) is 23.6. The van der Waals surface area contributed by atoms with Gasteiger partial charge in [0, 0.05) is 16.3 Å². The van der Waals surface area contributed by atoms with Crippen LogP contribution >= 0.6 is 23.2 Å². The smallest absolute Gasteiger partial charge is 0.240 e.